The molecule has 0 aliphatic heterocycles. The number of alkyl halides is 1. The Balaban J connectivity index is 2.15. The number of amides is 1. The minimum absolute atomic E-state index is 0.00688. The van der Waals surface area contributed by atoms with Gasteiger partial charge in [-0.05, 0) is 25.0 Å². The van der Waals surface area contributed by atoms with Gasteiger partial charge in [0.1, 0.15) is 11.6 Å². The molecule has 0 bridgehead atoms. The van der Waals surface area contributed by atoms with E-state index in [9.17, 15) is 13.6 Å². The summed E-state index contributed by atoms with van der Waals surface area (Å²) >= 11 is 5.97. The van der Waals surface area contributed by atoms with E-state index in [1.807, 2.05) is 0 Å². The topological polar surface area (TPSA) is 29.1 Å². The molecule has 0 unspecified atom stereocenters. The molecule has 1 fully saturated rings. The molecule has 0 radical (unpaired) electrons. The van der Waals surface area contributed by atoms with Crippen LogP contribution in [0.15, 0.2) is 18.2 Å². The van der Waals surface area contributed by atoms with E-state index in [4.69, 9.17) is 11.6 Å². The molecule has 1 aromatic rings. The summed E-state index contributed by atoms with van der Waals surface area (Å²) in [6.45, 7) is 0. The Hall–Kier alpha value is -1.16. The summed E-state index contributed by atoms with van der Waals surface area (Å²) in [5.74, 6) is -1.67. The lowest BCUT2D eigenvalue weighted by molar-refractivity contribution is 0.0884. The van der Waals surface area contributed by atoms with Crippen LogP contribution in [0.2, 0.25) is 0 Å². The van der Waals surface area contributed by atoms with Crippen molar-refractivity contribution >= 4 is 17.5 Å². The molecule has 1 saturated carbocycles. The van der Waals surface area contributed by atoms with Crippen molar-refractivity contribution in [2.24, 2.45) is 0 Å². The Morgan fingerprint density at radius 3 is 2.26 bits per heavy atom. The molecule has 0 atom stereocenters. The summed E-state index contributed by atoms with van der Waals surface area (Å²) < 4.78 is 26.2. The van der Waals surface area contributed by atoms with Crippen molar-refractivity contribution < 1.29 is 13.6 Å². The summed E-state index contributed by atoms with van der Waals surface area (Å²) in [5, 5.41) is 2.85. The maximum absolute atomic E-state index is 13.1. The first kappa shape index (κ1) is 14.3. The van der Waals surface area contributed by atoms with Crippen LogP contribution in [-0.2, 0) is 0 Å². The first-order valence-corrected chi connectivity index (χ1v) is 6.93. The molecule has 0 heterocycles. The quantitative estimate of drug-likeness (QED) is 0.845. The van der Waals surface area contributed by atoms with Crippen LogP contribution in [0.4, 0.5) is 8.78 Å². The van der Waals surface area contributed by atoms with Crippen LogP contribution < -0.4 is 5.32 Å². The molecule has 0 saturated heterocycles. The fourth-order valence-electron chi connectivity index (χ4n) is 2.52. The van der Waals surface area contributed by atoms with Gasteiger partial charge in [-0.15, -0.1) is 11.6 Å². The van der Waals surface area contributed by atoms with Crippen LogP contribution in [0.5, 0.6) is 0 Å². The van der Waals surface area contributed by atoms with E-state index in [-0.39, 0.29) is 5.56 Å². The molecule has 0 spiro atoms. The monoisotopic (exact) mass is 287 g/mol. The van der Waals surface area contributed by atoms with Crippen LogP contribution in [0.1, 0.15) is 42.5 Å². The molecule has 1 N–H and O–H groups in total. The van der Waals surface area contributed by atoms with E-state index in [1.165, 1.54) is 0 Å². The minimum Gasteiger partial charge on any atom is -0.345 e. The number of carbonyl (C=O) groups is 1. The summed E-state index contributed by atoms with van der Waals surface area (Å²) in [6, 6.07) is 2.81. The van der Waals surface area contributed by atoms with Crippen molar-refractivity contribution in [1.82, 2.24) is 5.32 Å². The van der Waals surface area contributed by atoms with Gasteiger partial charge in [0, 0.05) is 17.5 Å². The first-order chi connectivity index (χ1) is 9.04. The maximum atomic E-state index is 13.1. The van der Waals surface area contributed by atoms with E-state index in [0.29, 0.717) is 5.88 Å². The third-order valence-corrected chi connectivity index (χ3v) is 4.08. The molecular weight excluding hydrogens is 272 g/mol. The second kappa shape index (κ2) is 5.87. The predicted molar refractivity (Wildman–Crippen MR) is 70.4 cm³/mol. The smallest absolute Gasteiger partial charge is 0.251 e. The lowest BCUT2D eigenvalue weighted by atomic mass is 9.83. The molecule has 1 aromatic carbocycles. The van der Waals surface area contributed by atoms with Crippen molar-refractivity contribution in [3.8, 4) is 0 Å². The van der Waals surface area contributed by atoms with Crippen LogP contribution in [0.25, 0.3) is 0 Å². The van der Waals surface area contributed by atoms with E-state index in [0.717, 1.165) is 50.3 Å². The van der Waals surface area contributed by atoms with Crippen LogP contribution >= 0.6 is 11.6 Å². The van der Waals surface area contributed by atoms with Gasteiger partial charge in [0.15, 0.2) is 0 Å². The van der Waals surface area contributed by atoms with Gasteiger partial charge >= 0.3 is 0 Å². The molecule has 2 nitrogen and oxygen atoms in total. The third-order valence-electron chi connectivity index (χ3n) is 3.57. The molecule has 1 aliphatic carbocycles. The van der Waals surface area contributed by atoms with Gasteiger partial charge in [-0.2, -0.15) is 0 Å². The fourth-order valence-corrected chi connectivity index (χ4v) is 2.85. The highest BCUT2D eigenvalue weighted by atomic mass is 35.5. The van der Waals surface area contributed by atoms with Crippen molar-refractivity contribution in [3.63, 3.8) is 0 Å². The van der Waals surface area contributed by atoms with Gasteiger partial charge in [0.2, 0.25) is 0 Å². The summed E-state index contributed by atoms with van der Waals surface area (Å²) in [7, 11) is 0. The number of rotatable bonds is 3. The Morgan fingerprint density at radius 1 is 1.16 bits per heavy atom. The second-order valence-corrected chi connectivity index (χ2v) is 5.35. The number of hydrogen-bond acceptors (Lipinski definition) is 1. The van der Waals surface area contributed by atoms with Gasteiger partial charge in [-0.3, -0.25) is 4.79 Å². The molecule has 19 heavy (non-hydrogen) atoms. The molecular formula is C14H16ClF2NO. The Kier molecular flexibility index (Phi) is 4.40. The third kappa shape index (κ3) is 3.44. The van der Waals surface area contributed by atoms with Crippen molar-refractivity contribution in [2.45, 2.75) is 37.6 Å². The number of carbonyl (C=O) groups excluding carboxylic acids is 1. The van der Waals surface area contributed by atoms with Gasteiger partial charge < -0.3 is 5.32 Å². The van der Waals surface area contributed by atoms with Crippen molar-refractivity contribution in [1.29, 1.82) is 0 Å². The van der Waals surface area contributed by atoms with Gasteiger partial charge in [-0.25, -0.2) is 8.78 Å². The first-order valence-electron chi connectivity index (χ1n) is 6.39. The highest BCUT2D eigenvalue weighted by Gasteiger charge is 2.33. The highest BCUT2D eigenvalue weighted by molar-refractivity contribution is 6.19. The molecule has 1 aliphatic rings. The molecule has 0 aromatic heterocycles. The highest BCUT2D eigenvalue weighted by Crippen LogP contribution is 2.29. The lowest BCUT2D eigenvalue weighted by Crippen LogP contribution is -2.51. The average molecular weight is 288 g/mol. The van der Waals surface area contributed by atoms with Crippen molar-refractivity contribution in [3.05, 3.63) is 35.4 Å². The number of benzene rings is 1. The number of halogens is 3. The molecule has 104 valence electrons. The summed E-state index contributed by atoms with van der Waals surface area (Å²) in [5.41, 5.74) is -0.452. The fraction of sp³-hybridized carbons (Fsp3) is 0.500. The number of hydrogen-bond donors (Lipinski definition) is 1. The molecule has 5 heteroatoms. The second-order valence-electron chi connectivity index (χ2n) is 5.09. The summed E-state index contributed by atoms with van der Waals surface area (Å²) in [4.78, 5) is 12.1. The predicted octanol–water partition coefficient (Wildman–Crippen LogP) is 3.64. The zero-order chi connectivity index (χ0) is 13.9. The van der Waals surface area contributed by atoms with E-state index >= 15 is 0 Å². The van der Waals surface area contributed by atoms with E-state index in [1.54, 1.807) is 0 Å². The van der Waals surface area contributed by atoms with Crippen LogP contribution in [0.3, 0.4) is 0 Å². The maximum Gasteiger partial charge on any atom is 0.251 e. The Bertz CT molecular complexity index is 452. The lowest BCUT2D eigenvalue weighted by Gasteiger charge is -2.36. The van der Waals surface area contributed by atoms with Crippen LogP contribution in [-0.4, -0.2) is 17.3 Å². The Morgan fingerprint density at radius 2 is 1.74 bits per heavy atom. The largest absolute Gasteiger partial charge is 0.345 e. The zero-order valence-electron chi connectivity index (χ0n) is 10.5. The number of nitrogens with one attached hydrogen (secondary N) is 1. The SMILES string of the molecule is O=C(NC1(CCl)CCCCC1)c1cc(F)cc(F)c1. The minimum atomic E-state index is -0.756. The molecule has 2 rings (SSSR count). The van der Waals surface area contributed by atoms with Crippen molar-refractivity contribution in [2.75, 3.05) is 5.88 Å². The van der Waals surface area contributed by atoms with Gasteiger partial charge in [-0.1, -0.05) is 19.3 Å². The van der Waals surface area contributed by atoms with Crippen LogP contribution in [0, 0.1) is 11.6 Å². The summed E-state index contributed by atoms with van der Waals surface area (Å²) in [6.07, 6.45) is 4.75. The van der Waals surface area contributed by atoms with Gasteiger partial charge in [0.05, 0.1) is 5.54 Å². The normalized spacial score (nSPS) is 18.1. The van der Waals surface area contributed by atoms with E-state index < -0.39 is 23.1 Å². The Labute approximate surface area is 116 Å². The van der Waals surface area contributed by atoms with E-state index in [2.05, 4.69) is 5.32 Å². The van der Waals surface area contributed by atoms with Gasteiger partial charge in [0.25, 0.3) is 5.91 Å². The average Bonchev–Trinajstić information content (AvgIpc) is 2.38. The zero-order valence-corrected chi connectivity index (χ0v) is 11.3. The standard InChI is InChI=1S/C14H16ClF2NO/c15-9-14(4-2-1-3-5-14)18-13(19)10-6-11(16)8-12(17)7-10/h6-8H,1-5,9H2,(H,18,19). The molecule has 1 amide bonds.